The number of nitrogens with zero attached hydrogens (tertiary/aromatic N) is 2. The van der Waals surface area contributed by atoms with Gasteiger partial charge in [-0.15, -0.1) is 0 Å². The van der Waals surface area contributed by atoms with Crippen LogP contribution in [-0.4, -0.2) is 99.4 Å². The van der Waals surface area contributed by atoms with E-state index in [4.69, 9.17) is 18.9 Å². The number of ether oxygens (including phenoxy) is 4. The lowest BCUT2D eigenvalue weighted by molar-refractivity contribution is -0.145. The van der Waals surface area contributed by atoms with E-state index in [1.54, 1.807) is 9.80 Å². The number of hydrogen-bond acceptors (Lipinski definition) is 8. The third kappa shape index (κ3) is 27.7. The molecule has 0 unspecified atom stereocenters. The number of carbonyl (C=O) groups is 4. The fraction of sp³-hybridized carbons (Fsp3) is 0.895. The molecule has 0 aliphatic carbocycles. The van der Waals surface area contributed by atoms with Crippen LogP contribution in [0.3, 0.4) is 0 Å². The molecule has 0 saturated heterocycles. The first-order chi connectivity index (χ1) is 23.1. The fourth-order valence-corrected chi connectivity index (χ4v) is 5.32. The Balaban J connectivity index is 3.77. The zero-order valence-corrected chi connectivity index (χ0v) is 31.7. The molecule has 2 atom stereocenters. The van der Waals surface area contributed by atoms with Gasteiger partial charge in [-0.05, 0) is 53.4 Å². The van der Waals surface area contributed by atoms with E-state index in [0.29, 0.717) is 26.1 Å². The van der Waals surface area contributed by atoms with Crippen molar-refractivity contribution in [3.8, 4) is 0 Å². The second kappa shape index (κ2) is 32.0. The lowest BCUT2D eigenvalue weighted by atomic mass is 10.1. The Morgan fingerprint density at radius 3 is 1.02 bits per heavy atom. The molecular weight excluding hydrogens is 612 g/mol. The van der Waals surface area contributed by atoms with Gasteiger partial charge in [0, 0.05) is 40.0 Å². The molecule has 0 heterocycles. The van der Waals surface area contributed by atoms with E-state index in [-0.39, 0.29) is 49.2 Å². The van der Waals surface area contributed by atoms with Crippen LogP contribution in [0.1, 0.15) is 156 Å². The number of esters is 2. The normalized spacial score (nSPS) is 12.4. The summed E-state index contributed by atoms with van der Waals surface area (Å²) in [5, 5.41) is 0. The molecule has 0 aliphatic rings. The van der Waals surface area contributed by atoms with Crippen molar-refractivity contribution in [1.82, 2.24) is 9.80 Å². The molecule has 0 saturated carbocycles. The van der Waals surface area contributed by atoms with Gasteiger partial charge >= 0.3 is 11.9 Å². The number of hydrogen-bond donors (Lipinski definition) is 0. The molecule has 0 bridgehead atoms. The quantitative estimate of drug-likeness (QED) is 0.0512. The van der Waals surface area contributed by atoms with Crippen molar-refractivity contribution in [1.29, 1.82) is 0 Å². The van der Waals surface area contributed by atoms with Crippen LogP contribution < -0.4 is 0 Å². The summed E-state index contributed by atoms with van der Waals surface area (Å²) in [6.45, 7) is 9.78. The maximum Gasteiger partial charge on any atom is 0.305 e. The van der Waals surface area contributed by atoms with Gasteiger partial charge in [-0.2, -0.15) is 0 Å². The summed E-state index contributed by atoms with van der Waals surface area (Å²) in [5.74, 6) is -0.260. The van der Waals surface area contributed by atoms with Crippen LogP contribution in [0.15, 0.2) is 0 Å². The molecule has 0 aliphatic heterocycles. The zero-order chi connectivity index (χ0) is 35.8. The predicted octanol–water partition coefficient (Wildman–Crippen LogP) is 7.64. The van der Waals surface area contributed by atoms with E-state index in [0.717, 1.165) is 77.3 Å². The first-order valence-electron chi connectivity index (χ1n) is 19.1. The van der Waals surface area contributed by atoms with Crippen molar-refractivity contribution in [3.63, 3.8) is 0 Å². The van der Waals surface area contributed by atoms with Crippen LogP contribution in [0, 0.1) is 0 Å². The first-order valence-corrected chi connectivity index (χ1v) is 19.1. The van der Waals surface area contributed by atoms with E-state index in [1.165, 1.54) is 51.4 Å². The second-order valence-electron chi connectivity index (χ2n) is 13.1. The van der Waals surface area contributed by atoms with Gasteiger partial charge in [0.15, 0.2) is 0 Å². The highest BCUT2D eigenvalue weighted by Crippen LogP contribution is 2.13. The minimum absolute atomic E-state index is 0.00483. The highest BCUT2D eigenvalue weighted by atomic mass is 16.5. The lowest BCUT2D eigenvalue weighted by Gasteiger charge is -2.24. The van der Waals surface area contributed by atoms with Gasteiger partial charge in [0.05, 0.1) is 25.4 Å². The van der Waals surface area contributed by atoms with Crippen molar-refractivity contribution < 1.29 is 38.1 Å². The van der Waals surface area contributed by atoms with E-state index < -0.39 is 0 Å². The SMILES string of the molecule is CCOC(=O)CCCCCCCCCCCN(C)C(=O)CO[C@H](C)[C@@H](C)OCC(=O)N(C)CCCCCCCCCCCC(=O)OCC. The zero-order valence-electron chi connectivity index (χ0n) is 31.7. The maximum absolute atomic E-state index is 12.5. The molecular formula is C38H72N2O8. The third-order valence-corrected chi connectivity index (χ3v) is 8.81. The fourth-order valence-electron chi connectivity index (χ4n) is 5.32. The Labute approximate surface area is 293 Å². The summed E-state index contributed by atoms with van der Waals surface area (Å²) >= 11 is 0. The predicted molar refractivity (Wildman–Crippen MR) is 192 cm³/mol. The Hall–Kier alpha value is -2.20. The monoisotopic (exact) mass is 685 g/mol. The number of carbonyl (C=O) groups excluding carboxylic acids is 4. The van der Waals surface area contributed by atoms with E-state index in [2.05, 4.69) is 0 Å². The van der Waals surface area contributed by atoms with E-state index in [9.17, 15) is 19.2 Å². The summed E-state index contributed by atoms with van der Waals surface area (Å²) in [4.78, 5) is 51.2. The lowest BCUT2D eigenvalue weighted by Crippen LogP contribution is -2.37. The standard InChI is InChI=1S/C38H72N2O8/c1-7-45-37(43)27-23-19-15-11-9-13-17-21-25-29-39(5)35(41)31-47-33(3)34(4)48-32-36(42)40(6)30-26-22-18-14-10-12-16-20-24-28-38(44)46-8-2/h33-34H,7-32H2,1-6H3/t33-,34-/m1/s1. The van der Waals surface area contributed by atoms with Crippen LogP contribution in [0.4, 0.5) is 0 Å². The van der Waals surface area contributed by atoms with Crippen LogP contribution >= 0.6 is 0 Å². The summed E-state index contributed by atoms with van der Waals surface area (Å²) in [6, 6.07) is 0. The van der Waals surface area contributed by atoms with Crippen molar-refractivity contribution >= 4 is 23.8 Å². The summed E-state index contributed by atoms with van der Waals surface area (Å²) in [5.41, 5.74) is 0. The summed E-state index contributed by atoms with van der Waals surface area (Å²) < 4.78 is 21.5. The molecule has 0 fully saturated rings. The first kappa shape index (κ1) is 45.8. The van der Waals surface area contributed by atoms with Gasteiger partial charge in [-0.25, -0.2) is 0 Å². The average molecular weight is 685 g/mol. The minimum atomic E-state index is -0.303. The van der Waals surface area contributed by atoms with Crippen molar-refractivity contribution in [2.75, 3.05) is 53.6 Å². The summed E-state index contributed by atoms with van der Waals surface area (Å²) in [7, 11) is 3.64. The van der Waals surface area contributed by atoms with Gasteiger partial charge in [0.25, 0.3) is 0 Å². The maximum atomic E-state index is 12.5. The molecule has 0 N–H and O–H groups in total. The molecule has 10 heteroatoms. The third-order valence-electron chi connectivity index (χ3n) is 8.81. The molecule has 0 spiro atoms. The van der Waals surface area contributed by atoms with Crippen LogP contribution in [0.5, 0.6) is 0 Å². The van der Waals surface area contributed by atoms with Gasteiger partial charge in [-0.3, -0.25) is 19.2 Å². The summed E-state index contributed by atoms with van der Waals surface area (Å²) in [6.07, 6.45) is 20.5. The second-order valence-corrected chi connectivity index (χ2v) is 13.1. The van der Waals surface area contributed by atoms with Crippen LogP contribution in [-0.2, 0) is 38.1 Å². The van der Waals surface area contributed by atoms with Crippen molar-refractivity contribution in [2.45, 2.75) is 168 Å². The Morgan fingerprint density at radius 1 is 0.458 bits per heavy atom. The number of likely N-dealkylation sites (N-methyl/N-ethyl adjacent to an activating group) is 2. The van der Waals surface area contributed by atoms with Gasteiger partial charge in [0.1, 0.15) is 13.2 Å². The van der Waals surface area contributed by atoms with Gasteiger partial charge in [-0.1, -0.05) is 89.9 Å². The van der Waals surface area contributed by atoms with Crippen LogP contribution in [0.25, 0.3) is 0 Å². The minimum Gasteiger partial charge on any atom is -0.466 e. The number of amides is 2. The molecule has 10 nitrogen and oxygen atoms in total. The average Bonchev–Trinajstić information content (AvgIpc) is 3.06. The highest BCUT2D eigenvalue weighted by Gasteiger charge is 2.19. The smallest absolute Gasteiger partial charge is 0.305 e. The molecule has 0 aromatic carbocycles. The van der Waals surface area contributed by atoms with E-state index in [1.807, 2.05) is 41.8 Å². The molecule has 282 valence electrons. The Morgan fingerprint density at radius 2 is 0.729 bits per heavy atom. The van der Waals surface area contributed by atoms with Crippen molar-refractivity contribution in [2.24, 2.45) is 0 Å². The van der Waals surface area contributed by atoms with Gasteiger partial charge < -0.3 is 28.7 Å². The topological polar surface area (TPSA) is 112 Å². The molecule has 48 heavy (non-hydrogen) atoms. The molecule has 0 rings (SSSR count). The molecule has 0 aromatic heterocycles. The van der Waals surface area contributed by atoms with E-state index >= 15 is 0 Å². The van der Waals surface area contributed by atoms with Crippen molar-refractivity contribution in [3.05, 3.63) is 0 Å². The molecule has 2 amide bonds. The van der Waals surface area contributed by atoms with Gasteiger partial charge in [0.2, 0.25) is 11.8 Å². The largest absolute Gasteiger partial charge is 0.466 e. The Kier molecular flexibility index (Phi) is 30.6. The number of rotatable bonds is 33. The Bertz CT molecular complexity index is 759. The molecule has 0 radical (unpaired) electrons. The number of unbranched alkanes of at least 4 members (excludes halogenated alkanes) is 16. The molecule has 0 aromatic rings. The van der Waals surface area contributed by atoms with Crippen LogP contribution in [0.2, 0.25) is 0 Å². The highest BCUT2D eigenvalue weighted by molar-refractivity contribution is 5.77.